The van der Waals surface area contributed by atoms with Crippen molar-refractivity contribution >= 4 is 12.4 Å². The van der Waals surface area contributed by atoms with Gasteiger partial charge >= 0.3 is 5.69 Å². The van der Waals surface area contributed by atoms with Crippen molar-refractivity contribution in [3.8, 4) is 0 Å². The summed E-state index contributed by atoms with van der Waals surface area (Å²) < 4.78 is 7.39. The molecule has 2 N–H and O–H groups in total. The van der Waals surface area contributed by atoms with Gasteiger partial charge in [0, 0.05) is 26.3 Å². The molecular formula is C18H27N3O6. The number of hydrogen-bond acceptors (Lipinski definition) is 5. The van der Waals surface area contributed by atoms with Crippen molar-refractivity contribution in [2.24, 2.45) is 13.0 Å². The lowest BCUT2D eigenvalue weighted by atomic mass is 10.1. The quantitative estimate of drug-likeness (QED) is 0.720. The summed E-state index contributed by atoms with van der Waals surface area (Å²) in [6.07, 6.45) is 6.78. The van der Waals surface area contributed by atoms with Crippen LogP contribution in [0.25, 0.3) is 0 Å². The highest BCUT2D eigenvalue weighted by atomic mass is 16.5. The first-order chi connectivity index (χ1) is 12.9. The van der Waals surface area contributed by atoms with E-state index in [1.807, 2.05) is 0 Å². The van der Waals surface area contributed by atoms with Crippen LogP contribution in [0.2, 0.25) is 0 Å². The van der Waals surface area contributed by atoms with Crippen LogP contribution in [0.4, 0.5) is 0 Å². The molecule has 0 spiro atoms. The Balaban J connectivity index is 0.000000817. The van der Waals surface area contributed by atoms with Crippen LogP contribution in [0, 0.1) is 5.92 Å². The molecule has 1 aliphatic carbocycles. The molecule has 27 heavy (non-hydrogen) atoms. The van der Waals surface area contributed by atoms with Crippen molar-refractivity contribution in [3.63, 3.8) is 0 Å². The van der Waals surface area contributed by atoms with Crippen LogP contribution < -0.4 is 11.2 Å². The van der Waals surface area contributed by atoms with Crippen molar-refractivity contribution in [1.29, 1.82) is 0 Å². The summed E-state index contributed by atoms with van der Waals surface area (Å²) in [6, 6.07) is 0. The van der Waals surface area contributed by atoms with E-state index in [-0.39, 0.29) is 30.2 Å². The molecule has 2 aliphatic rings. The van der Waals surface area contributed by atoms with E-state index in [4.69, 9.17) is 14.6 Å². The molecule has 1 amide bonds. The molecular weight excluding hydrogens is 354 g/mol. The fourth-order valence-electron chi connectivity index (χ4n) is 3.24. The molecule has 9 nitrogen and oxygen atoms in total. The van der Waals surface area contributed by atoms with Crippen molar-refractivity contribution in [1.82, 2.24) is 14.5 Å². The fourth-order valence-corrected chi connectivity index (χ4v) is 3.24. The second-order valence-electron chi connectivity index (χ2n) is 7.00. The number of hydrogen-bond donors (Lipinski definition) is 2. The lowest BCUT2D eigenvalue weighted by Crippen LogP contribution is -2.52. The molecule has 2 atom stereocenters. The van der Waals surface area contributed by atoms with Crippen LogP contribution in [0.3, 0.4) is 0 Å². The van der Waals surface area contributed by atoms with Crippen LogP contribution in [0.5, 0.6) is 0 Å². The second-order valence-corrected chi connectivity index (χ2v) is 7.00. The number of aromatic nitrogens is 2. The molecule has 1 saturated carbocycles. The Morgan fingerprint density at radius 1 is 1.37 bits per heavy atom. The van der Waals surface area contributed by atoms with Crippen LogP contribution in [0.1, 0.15) is 49.4 Å². The van der Waals surface area contributed by atoms with E-state index in [2.05, 4.69) is 11.9 Å². The zero-order valence-electron chi connectivity index (χ0n) is 15.7. The molecule has 1 aromatic heterocycles. The predicted molar refractivity (Wildman–Crippen MR) is 97.8 cm³/mol. The molecule has 2 heterocycles. The number of nitrogens with one attached hydrogen (secondary N) is 1. The SMILES string of the molecule is CCCC[C@@H]1CN(C(=O)c2cn(C)c(=O)[nH]c2=O)C[C@H](C2CC2)O1.O=CO. The van der Waals surface area contributed by atoms with Gasteiger partial charge in [0.05, 0.1) is 12.2 Å². The molecule has 0 radical (unpaired) electrons. The number of aryl methyl sites for hydroxylation is 1. The Labute approximate surface area is 156 Å². The molecule has 3 rings (SSSR count). The normalized spacial score (nSPS) is 21.9. The van der Waals surface area contributed by atoms with Crippen molar-refractivity contribution < 1.29 is 19.4 Å². The van der Waals surface area contributed by atoms with Crippen molar-refractivity contribution in [2.75, 3.05) is 13.1 Å². The molecule has 150 valence electrons. The maximum atomic E-state index is 12.8. The minimum atomic E-state index is -0.623. The van der Waals surface area contributed by atoms with E-state index in [0.717, 1.165) is 32.1 Å². The molecule has 9 heteroatoms. The highest BCUT2D eigenvalue weighted by Crippen LogP contribution is 2.37. The first-order valence-corrected chi connectivity index (χ1v) is 9.23. The number of carbonyl (C=O) groups excluding carboxylic acids is 1. The number of morpholine rings is 1. The molecule has 1 aliphatic heterocycles. The smallest absolute Gasteiger partial charge is 0.328 e. The predicted octanol–water partition coefficient (Wildman–Crippen LogP) is 0.584. The average Bonchev–Trinajstić information content (AvgIpc) is 3.48. The Hall–Kier alpha value is -2.42. The molecule has 1 aromatic rings. The fraction of sp³-hybridized carbons (Fsp3) is 0.667. The number of carboxylic acid groups (broad SMARTS) is 1. The summed E-state index contributed by atoms with van der Waals surface area (Å²) in [4.78, 5) is 48.6. The molecule has 0 aromatic carbocycles. The van der Waals surface area contributed by atoms with Gasteiger partial charge in [0.1, 0.15) is 5.56 Å². The number of amides is 1. The standard InChI is InChI=1S/C17H25N3O4.CH2O2/c1-3-4-5-12-8-20(10-14(24-12)11-6-7-11)16(22)13-9-19(2)17(23)18-15(13)21;2-1-3/h9,11-12,14H,3-8,10H2,1-2H3,(H,18,21,23);1H,(H,2,3)/t12-,14-;/m1./s1. The van der Waals surface area contributed by atoms with E-state index in [1.54, 1.807) is 4.90 Å². The van der Waals surface area contributed by atoms with Crippen molar-refractivity contribution in [3.05, 3.63) is 32.6 Å². The summed E-state index contributed by atoms with van der Waals surface area (Å²) in [7, 11) is 1.52. The lowest BCUT2D eigenvalue weighted by Gasteiger charge is -2.38. The van der Waals surface area contributed by atoms with Gasteiger partial charge in [-0.1, -0.05) is 19.8 Å². The summed E-state index contributed by atoms with van der Waals surface area (Å²) in [5, 5.41) is 6.89. The average molecular weight is 381 g/mol. The highest BCUT2D eigenvalue weighted by molar-refractivity contribution is 5.93. The molecule has 0 unspecified atom stereocenters. The first kappa shape index (κ1) is 20.9. The third-order valence-electron chi connectivity index (χ3n) is 4.84. The van der Waals surface area contributed by atoms with Gasteiger partial charge in [-0.3, -0.25) is 19.4 Å². The first-order valence-electron chi connectivity index (χ1n) is 9.23. The van der Waals surface area contributed by atoms with Crippen LogP contribution in [0.15, 0.2) is 15.8 Å². The van der Waals surface area contributed by atoms with Gasteiger partial charge in [0.25, 0.3) is 17.9 Å². The number of nitrogens with zero attached hydrogens (tertiary/aromatic N) is 2. The van der Waals surface area contributed by atoms with E-state index in [9.17, 15) is 14.4 Å². The number of rotatable bonds is 5. The van der Waals surface area contributed by atoms with Gasteiger partial charge in [-0.25, -0.2) is 4.79 Å². The van der Waals surface area contributed by atoms with Crippen molar-refractivity contribution in [2.45, 2.75) is 51.2 Å². The molecule has 2 fully saturated rings. The molecule has 0 bridgehead atoms. The van der Waals surface area contributed by atoms with Gasteiger partial charge in [-0.05, 0) is 25.2 Å². The maximum Gasteiger partial charge on any atom is 0.328 e. The number of ether oxygens (including phenoxy) is 1. The Kier molecular flexibility index (Phi) is 7.35. The monoisotopic (exact) mass is 381 g/mol. The minimum absolute atomic E-state index is 0.0165. The zero-order chi connectivity index (χ0) is 20.0. The third-order valence-corrected chi connectivity index (χ3v) is 4.84. The van der Waals surface area contributed by atoms with E-state index < -0.39 is 11.2 Å². The third kappa shape index (κ3) is 5.53. The summed E-state index contributed by atoms with van der Waals surface area (Å²) in [5.74, 6) is 0.213. The minimum Gasteiger partial charge on any atom is -0.483 e. The number of carbonyl (C=O) groups is 2. The largest absolute Gasteiger partial charge is 0.483 e. The van der Waals surface area contributed by atoms with Crippen LogP contribution in [-0.4, -0.2) is 57.2 Å². The van der Waals surface area contributed by atoms with Gasteiger partial charge in [-0.2, -0.15) is 0 Å². The van der Waals surface area contributed by atoms with Crippen LogP contribution in [-0.2, 0) is 16.6 Å². The summed E-state index contributed by atoms with van der Waals surface area (Å²) >= 11 is 0. The van der Waals surface area contributed by atoms with Gasteiger partial charge in [0.2, 0.25) is 0 Å². The topological polar surface area (TPSA) is 122 Å². The number of aromatic amines is 1. The second kappa shape index (κ2) is 9.50. The van der Waals surface area contributed by atoms with E-state index in [0.29, 0.717) is 19.0 Å². The number of unbranched alkanes of at least 4 members (excludes halogenated alkanes) is 1. The highest BCUT2D eigenvalue weighted by Gasteiger charge is 2.40. The summed E-state index contributed by atoms with van der Waals surface area (Å²) in [6.45, 7) is 2.91. The van der Waals surface area contributed by atoms with Gasteiger partial charge in [-0.15, -0.1) is 0 Å². The Bertz CT molecular complexity index is 767. The van der Waals surface area contributed by atoms with Gasteiger partial charge in [0.15, 0.2) is 0 Å². The molecule has 1 saturated heterocycles. The van der Waals surface area contributed by atoms with E-state index in [1.165, 1.54) is 17.8 Å². The lowest BCUT2D eigenvalue weighted by molar-refractivity contribution is -0.122. The zero-order valence-corrected chi connectivity index (χ0v) is 15.7. The summed E-state index contributed by atoms with van der Waals surface area (Å²) in [5.41, 5.74) is -1.12. The van der Waals surface area contributed by atoms with Gasteiger partial charge < -0.3 is 19.3 Å². The Morgan fingerprint density at radius 2 is 2.04 bits per heavy atom. The maximum absolute atomic E-state index is 12.8. The van der Waals surface area contributed by atoms with E-state index >= 15 is 0 Å². The number of H-pyrrole nitrogens is 1. The Morgan fingerprint density at radius 3 is 2.63 bits per heavy atom. The van der Waals surface area contributed by atoms with Crippen LogP contribution >= 0.6 is 0 Å².